The Kier molecular flexibility index (Phi) is 6.67. The maximum Gasteiger partial charge on any atom is 0.118 e. The predicted octanol–water partition coefficient (Wildman–Crippen LogP) is 3.07. The molecule has 1 heterocycles. The van der Waals surface area contributed by atoms with Crippen LogP contribution >= 0.6 is 0 Å². The van der Waals surface area contributed by atoms with Gasteiger partial charge in [-0.15, -0.1) is 0 Å². The summed E-state index contributed by atoms with van der Waals surface area (Å²) in [5.74, 6) is 0.898. The normalized spacial score (nSPS) is 18.8. The molecule has 1 unspecified atom stereocenters. The van der Waals surface area contributed by atoms with Crippen LogP contribution in [0, 0.1) is 6.92 Å². The standard InChI is InChI=1S/C22H30N2O2/c1-18-3-5-20(6-4-18)16-24-13-12-23(17-21(24)11-14-25)15-19-7-9-22(26-2)10-8-19/h3-10,21,25H,11-17H2,1-2H3. The SMILES string of the molecule is COc1ccc(CN2CCN(Cc3ccc(C)cc3)C(CCO)C2)cc1. The number of aliphatic hydroxyl groups is 1. The monoisotopic (exact) mass is 354 g/mol. The van der Waals surface area contributed by atoms with Crippen LogP contribution in [0.2, 0.25) is 0 Å². The molecule has 0 saturated carbocycles. The maximum absolute atomic E-state index is 9.51. The summed E-state index contributed by atoms with van der Waals surface area (Å²) in [6.07, 6.45) is 0.824. The summed E-state index contributed by atoms with van der Waals surface area (Å²) in [4.78, 5) is 5.01. The highest BCUT2D eigenvalue weighted by atomic mass is 16.5. The topological polar surface area (TPSA) is 35.9 Å². The van der Waals surface area contributed by atoms with Crippen LogP contribution in [0.15, 0.2) is 48.5 Å². The first-order valence-electron chi connectivity index (χ1n) is 9.43. The third-order valence-corrected chi connectivity index (χ3v) is 5.22. The number of rotatable bonds is 7. The summed E-state index contributed by atoms with van der Waals surface area (Å²) in [5.41, 5.74) is 3.95. The van der Waals surface area contributed by atoms with Gasteiger partial charge in [0.25, 0.3) is 0 Å². The van der Waals surface area contributed by atoms with E-state index in [9.17, 15) is 5.11 Å². The van der Waals surface area contributed by atoms with E-state index in [1.165, 1.54) is 16.7 Å². The van der Waals surface area contributed by atoms with Crippen LogP contribution in [-0.4, -0.2) is 54.3 Å². The molecule has 2 aromatic rings. The van der Waals surface area contributed by atoms with Crippen molar-refractivity contribution in [3.05, 3.63) is 65.2 Å². The van der Waals surface area contributed by atoms with E-state index in [2.05, 4.69) is 53.1 Å². The average molecular weight is 354 g/mol. The number of aryl methyl sites for hydroxylation is 1. The lowest BCUT2D eigenvalue weighted by Crippen LogP contribution is -2.52. The number of piperazine rings is 1. The lowest BCUT2D eigenvalue weighted by molar-refractivity contribution is 0.0500. The van der Waals surface area contributed by atoms with Crippen molar-refractivity contribution in [2.45, 2.75) is 32.5 Å². The second-order valence-corrected chi connectivity index (χ2v) is 7.21. The van der Waals surface area contributed by atoms with Crippen LogP contribution in [0.25, 0.3) is 0 Å². The first-order chi connectivity index (χ1) is 12.7. The summed E-state index contributed by atoms with van der Waals surface area (Å²) in [5, 5.41) is 9.51. The number of ether oxygens (including phenoxy) is 1. The molecule has 1 fully saturated rings. The van der Waals surface area contributed by atoms with Crippen LogP contribution in [0.5, 0.6) is 5.75 Å². The highest BCUT2D eigenvalue weighted by Gasteiger charge is 2.26. The van der Waals surface area contributed by atoms with E-state index in [0.717, 1.165) is 44.9 Å². The zero-order valence-electron chi connectivity index (χ0n) is 15.9. The van der Waals surface area contributed by atoms with Gasteiger partial charge in [0.15, 0.2) is 0 Å². The number of benzene rings is 2. The fourth-order valence-electron chi connectivity index (χ4n) is 3.65. The molecule has 0 bridgehead atoms. The first kappa shape index (κ1) is 18.9. The molecule has 1 aliphatic rings. The Morgan fingerprint density at radius 1 is 0.962 bits per heavy atom. The Morgan fingerprint density at radius 3 is 2.27 bits per heavy atom. The van der Waals surface area contributed by atoms with Gasteiger partial charge < -0.3 is 9.84 Å². The van der Waals surface area contributed by atoms with Gasteiger partial charge in [-0.05, 0) is 36.6 Å². The van der Waals surface area contributed by atoms with Crippen LogP contribution < -0.4 is 4.74 Å². The molecule has 0 radical (unpaired) electrons. The molecule has 0 aromatic heterocycles. The number of hydrogen-bond acceptors (Lipinski definition) is 4. The van der Waals surface area contributed by atoms with E-state index >= 15 is 0 Å². The molecule has 0 amide bonds. The molecule has 2 aromatic carbocycles. The second kappa shape index (κ2) is 9.17. The second-order valence-electron chi connectivity index (χ2n) is 7.21. The van der Waals surface area contributed by atoms with Crippen molar-refractivity contribution in [3.63, 3.8) is 0 Å². The van der Waals surface area contributed by atoms with Gasteiger partial charge in [-0.3, -0.25) is 9.80 Å². The average Bonchev–Trinajstić information content (AvgIpc) is 2.66. The molecule has 26 heavy (non-hydrogen) atoms. The largest absolute Gasteiger partial charge is 0.497 e. The summed E-state index contributed by atoms with van der Waals surface area (Å²) in [6, 6.07) is 17.5. The van der Waals surface area contributed by atoms with E-state index in [1.807, 2.05) is 12.1 Å². The molecule has 4 heteroatoms. The minimum atomic E-state index is 0.242. The van der Waals surface area contributed by atoms with Gasteiger partial charge in [-0.1, -0.05) is 42.0 Å². The summed E-state index contributed by atoms with van der Waals surface area (Å²) in [6.45, 7) is 7.36. The smallest absolute Gasteiger partial charge is 0.118 e. The Balaban J connectivity index is 1.60. The molecule has 140 valence electrons. The van der Waals surface area contributed by atoms with Gasteiger partial charge >= 0.3 is 0 Å². The summed E-state index contributed by atoms with van der Waals surface area (Å²) in [7, 11) is 1.70. The lowest BCUT2D eigenvalue weighted by Gasteiger charge is -2.41. The molecule has 1 saturated heterocycles. The highest BCUT2D eigenvalue weighted by Crippen LogP contribution is 2.19. The van der Waals surface area contributed by atoms with E-state index in [-0.39, 0.29) is 6.61 Å². The Hall–Kier alpha value is -1.88. The maximum atomic E-state index is 9.51. The molecule has 0 spiro atoms. The fraction of sp³-hybridized carbons (Fsp3) is 0.455. The third kappa shape index (κ3) is 5.07. The van der Waals surface area contributed by atoms with Gasteiger partial charge in [0.05, 0.1) is 7.11 Å². The van der Waals surface area contributed by atoms with Crippen molar-refractivity contribution < 1.29 is 9.84 Å². The van der Waals surface area contributed by atoms with E-state index in [0.29, 0.717) is 6.04 Å². The van der Waals surface area contributed by atoms with Crippen molar-refractivity contribution in [3.8, 4) is 5.75 Å². The number of aliphatic hydroxyl groups excluding tert-OH is 1. The predicted molar refractivity (Wildman–Crippen MR) is 105 cm³/mol. The number of methoxy groups -OCH3 is 1. The van der Waals surface area contributed by atoms with Crippen LogP contribution in [-0.2, 0) is 13.1 Å². The van der Waals surface area contributed by atoms with Crippen LogP contribution in [0.3, 0.4) is 0 Å². The van der Waals surface area contributed by atoms with E-state index in [1.54, 1.807) is 7.11 Å². The van der Waals surface area contributed by atoms with Gasteiger partial charge in [0.1, 0.15) is 5.75 Å². The molecular formula is C22H30N2O2. The zero-order chi connectivity index (χ0) is 18.4. The van der Waals surface area contributed by atoms with Gasteiger partial charge in [0.2, 0.25) is 0 Å². The molecule has 1 atom stereocenters. The van der Waals surface area contributed by atoms with Crippen molar-refractivity contribution >= 4 is 0 Å². The van der Waals surface area contributed by atoms with E-state index < -0.39 is 0 Å². The van der Waals surface area contributed by atoms with Crippen molar-refractivity contribution in [2.75, 3.05) is 33.4 Å². The number of nitrogens with zero attached hydrogens (tertiary/aromatic N) is 2. The van der Waals surface area contributed by atoms with Gasteiger partial charge in [-0.2, -0.15) is 0 Å². The molecule has 3 rings (SSSR count). The Morgan fingerprint density at radius 2 is 1.62 bits per heavy atom. The van der Waals surface area contributed by atoms with Crippen molar-refractivity contribution in [2.24, 2.45) is 0 Å². The highest BCUT2D eigenvalue weighted by molar-refractivity contribution is 5.27. The van der Waals surface area contributed by atoms with Crippen LogP contribution in [0.1, 0.15) is 23.1 Å². The summed E-state index contributed by atoms with van der Waals surface area (Å²) >= 11 is 0. The lowest BCUT2D eigenvalue weighted by atomic mass is 10.1. The number of hydrogen-bond donors (Lipinski definition) is 1. The minimum Gasteiger partial charge on any atom is -0.497 e. The molecule has 4 nitrogen and oxygen atoms in total. The minimum absolute atomic E-state index is 0.242. The quantitative estimate of drug-likeness (QED) is 0.829. The van der Waals surface area contributed by atoms with Crippen LogP contribution in [0.4, 0.5) is 0 Å². The summed E-state index contributed by atoms with van der Waals surface area (Å²) < 4.78 is 5.24. The molecule has 1 aliphatic heterocycles. The third-order valence-electron chi connectivity index (χ3n) is 5.22. The Bertz CT molecular complexity index is 670. The first-order valence-corrected chi connectivity index (χ1v) is 9.43. The fourth-order valence-corrected chi connectivity index (χ4v) is 3.65. The molecular weight excluding hydrogens is 324 g/mol. The zero-order valence-corrected chi connectivity index (χ0v) is 15.9. The van der Waals surface area contributed by atoms with Gasteiger partial charge in [0, 0.05) is 45.4 Å². The Labute approximate surface area is 157 Å². The molecule has 0 aliphatic carbocycles. The van der Waals surface area contributed by atoms with Crippen molar-refractivity contribution in [1.82, 2.24) is 9.80 Å². The van der Waals surface area contributed by atoms with E-state index in [4.69, 9.17) is 4.74 Å². The van der Waals surface area contributed by atoms with Crippen molar-refractivity contribution in [1.29, 1.82) is 0 Å². The molecule has 1 N–H and O–H groups in total. The van der Waals surface area contributed by atoms with Gasteiger partial charge in [-0.25, -0.2) is 0 Å².